The van der Waals surface area contributed by atoms with Crippen molar-refractivity contribution in [2.75, 3.05) is 33.3 Å². The Kier molecular flexibility index (Phi) is 9.60. The van der Waals surface area contributed by atoms with E-state index in [4.69, 9.17) is 24.5 Å². The second-order valence-electron chi connectivity index (χ2n) is 7.77. The van der Waals surface area contributed by atoms with Gasteiger partial charge in [-0.15, -0.1) is 0 Å². The van der Waals surface area contributed by atoms with Gasteiger partial charge in [-0.05, 0) is 49.9 Å². The van der Waals surface area contributed by atoms with Crippen molar-refractivity contribution in [3.8, 4) is 5.75 Å². The number of carbonyl (C=O) groups excluding carboxylic acids is 1. The van der Waals surface area contributed by atoms with E-state index in [1.54, 1.807) is 7.11 Å². The summed E-state index contributed by atoms with van der Waals surface area (Å²) in [6.45, 7) is 4.85. The molecule has 2 fully saturated rings. The van der Waals surface area contributed by atoms with Crippen LogP contribution in [0.1, 0.15) is 44.1 Å². The van der Waals surface area contributed by atoms with Gasteiger partial charge in [-0.25, -0.2) is 9.59 Å². The van der Waals surface area contributed by atoms with Gasteiger partial charge in [0.25, 0.3) is 0 Å². The van der Waals surface area contributed by atoms with Gasteiger partial charge >= 0.3 is 11.9 Å². The first kappa shape index (κ1) is 23.7. The number of carboxylic acids is 2. The van der Waals surface area contributed by atoms with E-state index in [1.807, 2.05) is 12.1 Å². The van der Waals surface area contributed by atoms with Crippen LogP contribution in [-0.2, 0) is 20.9 Å². The third-order valence-corrected chi connectivity index (χ3v) is 5.52. The van der Waals surface area contributed by atoms with E-state index in [-0.39, 0.29) is 5.92 Å². The summed E-state index contributed by atoms with van der Waals surface area (Å²) >= 11 is 0. The molecule has 166 valence electrons. The maximum Gasteiger partial charge on any atom is 0.414 e. The van der Waals surface area contributed by atoms with Crippen LogP contribution in [0.5, 0.6) is 5.75 Å². The third-order valence-electron chi connectivity index (χ3n) is 5.52. The van der Waals surface area contributed by atoms with Crippen molar-refractivity contribution in [3.05, 3.63) is 29.8 Å². The molecule has 0 spiro atoms. The van der Waals surface area contributed by atoms with Gasteiger partial charge in [-0.3, -0.25) is 9.69 Å². The summed E-state index contributed by atoms with van der Waals surface area (Å²) in [6.07, 6.45) is 7.08. The Hall–Kier alpha value is -2.61. The normalized spacial score (nSPS) is 19.8. The van der Waals surface area contributed by atoms with Gasteiger partial charge in [0, 0.05) is 26.2 Å². The highest BCUT2D eigenvalue weighted by molar-refractivity contribution is 6.27. The lowest BCUT2D eigenvalue weighted by Gasteiger charge is -2.34. The van der Waals surface area contributed by atoms with Gasteiger partial charge < -0.3 is 19.8 Å². The molecule has 0 aromatic heterocycles. The van der Waals surface area contributed by atoms with Gasteiger partial charge in [-0.2, -0.15) is 0 Å². The molecule has 0 aliphatic carbocycles. The first-order valence-corrected chi connectivity index (χ1v) is 10.5. The van der Waals surface area contributed by atoms with E-state index in [1.165, 1.54) is 31.2 Å². The largest absolute Gasteiger partial charge is 0.497 e. The molecule has 0 radical (unpaired) electrons. The number of carboxylic acid groups (broad SMARTS) is 2. The fourth-order valence-electron chi connectivity index (χ4n) is 3.94. The Bertz CT molecular complexity index is 686. The van der Waals surface area contributed by atoms with Crippen LogP contribution in [0.4, 0.5) is 0 Å². The van der Waals surface area contributed by atoms with Crippen molar-refractivity contribution < 1.29 is 29.3 Å². The molecule has 1 aromatic carbocycles. The number of ether oxygens (including phenoxy) is 1. The molecule has 1 aromatic rings. The van der Waals surface area contributed by atoms with Crippen LogP contribution in [0.2, 0.25) is 0 Å². The molecule has 2 saturated heterocycles. The summed E-state index contributed by atoms with van der Waals surface area (Å²) in [5.41, 5.74) is 1.29. The number of benzene rings is 1. The molecular weight excluding hydrogens is 388 g/mol. The summed E-state index contributed by atoms with van der Waals surface area (Å²) in [7, 11) is 1.69. The van der Waals surface area contributed by atoms with E-state index in [2.05, 4.69) is 21.9 Å². The summed E-state index contributed by atoms with van der Waals surface area (Å²) < 4.78 is 5.22. The Labute approximate surface area is 177 Å². The average molecular weight is 421 g/mol. The standard InChI is InChI=1S/C20H30N2O2.C2H2O4/c1-24-19-10-8-17(9-11-19)15-21-12-6-7-18(16-21)20(23)22-13-4-2-3-5-14-22;3-1(4)2(5)6/h8-11,18H,2-7,12-16H2,1H3;(H,3,4)(H,5,6). The molecule has 2 N–H and O–H groups in total. The monoisotopic (exact) mass is 420 g/mol. The number of piperidine rings is 1. The molecule has 1 atom stereocenters. The quantitative estimate of drug-likeness (QED) is 0.721. The fourth-order valence-corrected chi connectivity index (χ4v) is 3.94. The number of methoxy groups -OCH3 is 1. The van der Waals surface area contributed by atoms with Crippen molar-refractivity contribution in [1.82, 2.24) is 9.80 Å². The molecule has 3 rings (SSSR count). The number of hydrogen-bond donors (Lipinski definition) is 2. The molecule has 2 aliphatic rings. The molecule has 30 heavy (non-hydrogen) atoms. The summed E-state index contributed by atoms with van der Waals surface area (Å²) in [5, 5.41) is 14.8. The highest BCUT2D eigenvalue weighted by Gasteiger charge is 2.29. The SMILES string of the molecule is COc1ccc(CN2CCCC(C(=O)N3CCCCCC3)C2)cc1.O=C(O)C(=O)O. The van der Waals surface area contributed by atoms with Gasteiger partial charge in [0.1, 0.15) is 5.75 Å². The molecule has 1 unspecified atom stereocenters. The Morgan fingerprint density at radius 1 is 0.933 bits per heavy atom. The minimum absolute atomic E-state index is 0.190. The smallest absolute Gasteiger partial charge is 0.414 e. The van der Waals surface area contributed by atoms with Crippen LogP contribution in [-0.4, -0.2) is 71.1 Å². The summed E-state index contributed by atoms with van der Waals surface area (Å²) in [6, 6.07) is 8.27. The second kappa shape index (κ2) is 12.2. The van der Waals surface area contributed by atoms with E-state index < -0.39 is 11.9 Å². The van der Waals surface area contributed by atoms with E-state index >= 15 is 0 Å². The van der Waals surface area contributed by atoms with Crippen LogP contribution >= 0.6 is 0 Å². The lowest BCUT2D eigenvalue weighted by atomic mass is 9.96. The van der Waals surface area contributed by atoms with Crippen molar-refractivity contribution in [3.63, 3.8) is 0 Å². The van der Waals surface area contributed by atoms with Crippen molar-refractivity contribution in [1.29, 1.82) is 0 Å². The number of hydrogen-bond acceptors (Lipinski definition) is 5. The predicted molar refractivity (Wildman–Crippen MR) is 111 cm³/mol. The van der Waals surface area contributed by atoms with Crippen molar-refractivity contribution in [2.24, 2.45) is 5.92 Å². The fraction of sp³-hybridized carbons (Fsp3) is 0.591. The van der Waals surface area contributed by atoms with Crippen LogP contribution in [0.25, 0.3) is 0 Å². The van der Waals surface area contributed by atoms with E-state index in [0.717, 1.165) is 51.3 Å². The lowest BCUT2D eigenvalue weighted by Crippen LogP contribution is -2.44. The number of amides is 1. The molecule has 0 bridgehead atoms. The van der Waals surface area contributed by atoms with Crippen LogP contribution < -0.4 is 4.74 Å². The molecule has 0 saturated carbocycles. The molecular formula is C22H32N2O6. The number of aliphatic carboxylic acids is 2. The van der Waals surface area contributed by atoms with Crippen LogP contribution in [0.15, 0.2) is 24.3 Å². The average Bonchev–Trinajstić information content (AvgIpc) is 3.04. The molecule has 1 amide bonds. The summed E-state index contributed by atoms with van der Waals surface area (Å²) in [5.74, 6) is -2.16. The van der Waals surface area contributed by atoms with Crippen LogP contribution in [0, 0.1) is 5.92 Å². The minimum atomic E-state index is -1.82. The van der Waals surface area contributed by atoms with Gasteiger partial charge in [0.05, 0.1) is 13.0 Å². The van der Waals surface area contributed by atoms with Gasteiger partial charge in [0.2, 0.25) is 5.91 Å². The molecule has 2 heterocycles. The summed E-state index contributed by atoms with van der Waals surface area (Å²) in [4.78, 5) is 35.6. The van der Waals surface area contributed by atoms with Crippen molar-refractivity contribution >= 4 is 17.8 Å². The minimum Gasteiger partial charge on any atom is -0.497 e. The number of rotatable bonds is 4. The molecule has 8 heteroatoms. The highest BCUT2D eigenvalue weighted by atomic mass is 16.5. The second-order valence-corrected chi connectivity index (χ2v) is 7.77. The third kappa shape index (κ3) is 7.67. The highest BCUT2D eigenvalue weighted by Crippen LogP contribution is 2.23. The Balaban J connectivity index is 0.000000469. The number of nitrogens with zero attached hydrogens (tertiary/aromatic N) is 2. The van der Waals surface area contributed by atoms with E-state index in [9.17, 15) is 4.79 Å². The Morgan fingerprint density at radius 3 is 2.07 bits per heavy atom. The number of likely N-dealkylation sites (tertiary alicyclic amines) is 2. The Morgan fingerprint density at radius 2 is 1.53 bits per heavy atom. The predicted octanol–water partition coefficient (Wildman–Crippen LogP) is 2.47. The van der Waals surface area contributed by atoms with Gasteiger partial charge in [-0.1, -0.05) is 25.0 Å². The van der Waals surface area contributed by atoms with E-state index in [0.29, 0.717) is 5.91 Å². The first-order valence-electron chi connectivity index (χ1n) is 10.5. The zero-order valence-electron chi connectivity index (χ0n) is 17.6. The topological polar surface area (TPSA) is 107 Å². The van der Waals surface area contributed by atoms with Gasteiger partial charge in [0.15, 0.2) is 0 Å². The zero-order valence-corrected chi connectivity index (χ0v) is 17.6. The maximum atomic E-state index is 12.9. The molecule has 2 aliphatic heterocycles. The first-order chi connectivity index (χ1) is 14.4. The molecule has 8 nitrogen and oxygen atoms in total. The lowest BCUT2D eigenvalue weighted by molar-refractivity contribution is -0.159. The van der Waals surface area contributed by atoms with Crippen molar-refractivity contribution in [2.45, 2.75) is 45.1 Å². The zero-order chi connectivity index (χ0) is 21.9. The van der Waals surface area contributed by atoms with Crippen LogP contribution in [0.3, 0.4) is 0 Å². The maximum absolute atomic E-state index is 12.9. The number of carbonyl (C=O) groups is 3.